The largest absolute Gasteiger partial charge is 0.493 e. The Morgan fingerprint density at radius 2 is 1.88 bits per heavy atom. The fraction of sp³-hybridized carbons (Fsp3) is 0.500. The molecule has 6 nitrogen and oxygen atoms in total. The second-order valence-corrected chi connectivity index (χ2v) is 10.0. The van der Waals surface area contributed by atoms with Gasteiger partial charge in [0.15, 0.2) is 6.61 Å². The second-order valence-electron chi connectivity index (χ2n) is 8.87. The van der Waals surface area contributed by atoms with Crippen molar-refractivity contribution in [3.8, 4) is 11.5 Å². The molecule has 4 rings (SSSR count). The zero-order chi connectivity index (χ0) is 23.0. The molecule has 2 aromatic rings. The van der Waals surface area contributed by atoms with Crippen LogP contribution in [0.25, 0.3) is 0 Å². The second kappa shape index (κ2) is 11.8. The fourth-order valence-electron chi connectivity index (χ4n) is 4.40. The molecular weight excluding hydrogens is 438 g/mol. The third-order valence-corrected chi connectivity index (χ3v) is 7.10. The van der Waals surface area contributed by atoms with Crippen molar-refractivity contribution in [3.63, 3.8) is 0 Å². The highest BCUT2D eigenvalue weighted by Crippen LogP contribution is 2.35. The summed E-state index contributed by atoms with van der Waals surface area (Å²) in [6.07, 6.45) is 5.17. The van der Waals surface area contributed by atoms with Crippen LogP contribution >= 0.6 is 11.8 Å². The summed E-state index contributed by atoms with van der Waals surface area (Å²) >= 11 is 1.69. The topological polar surface area (TPSA) is 68.2 Å². The van der Waals surface area contributed by atoms with Crippen molar-refractivity contribution < 1.29 is 24.1 Å². The lowest BCUT2D eigenvalue weighted by Gasteiger charge is -2.27. The molecule has 7 heteroatoms. The number of aliphatic carboxylic acids is 1. The number of carboxylic acid groups (broad SMARTS) is 1. The van der Waals surface area contributed by atoms with E-state index in [-0.39, 0.29) is 6.61 Å². The number of ether oxygens (including phenoxy) is 3. The number of hydrogen-bond donors (Lipinski definition) is 1. The van der Waals surface area contributed by atoms with E-state index in [2.05, 4.69) is 23.1 Å². The number of carbonyl (C=O) groups is 1. The van der Waals surface area contributed by atoms with Crippen molar-refractivity contribution in [1.82, 2.24) is 4.90 Å². The van der Waals surface area contributed by atoms with Gasteiger partial charge in [-0.15, -0.1) is 0 Å². The molecule has 2 aromatic carbocycles. The Bertz CT molecular complexity index is 938. The molecule has 2 aliphatic rings. The molecule has 0 unspecified atom stereocenters. The number of carboxylic acids is 1. The van der Waals surface area contributed by atoms with Crippen LogP contribution in [0.4, 0.5) is 0 Å². The van der Waals surface area contributed by atoms with Crippen LogP contribution in [0.5, 0.6) is 11.5 Å². The molecule has 1 heterocycles. The maximum atomic E-state index is 10.8. The molecule has 0 atom stereocenters. The van der Waals surface area contributed by atoms with Crippen LogP contribution in [0.15, 0.2) is 46.2 Å². The van der Waals surface area contributed by atoms with Gasteiger partial charge in [0.1, 0.15) is 11.5 Å². The van der Waals surface area contributed by atoms with Crippen molar-refractivity contribution in [2.75, 3.05) is 39.5 Å². The lowest BCUT2D eigenvalue weighted by atomic mass is 10.1. The summed E-state index contributed by atoms with van der Waals surface area (Å²) in [5.74, 6) is 1.23. The molecule has 1 aliphatic heterocycles. The maximum absolute atomic E-state index is 10.8. The first-order valence-electron chi connectivity index (χ1n) is 11.7. The molecule has 0 spiro atoms. The van der Waals surface area contributed by atoms with Gasteiger partial charge in [0, 0.05) is 29.4 Å². The molecule has 1 N–H and O–H groups in total. The maximum Gasteiger partial charge on any atom is 0.341 e. The van der Waals surface area contributed by atoms with E-state index < -0.39 is 5.97 Å². The van der Waals surface area contributed by atoms with Gasteiger partial charge in [0.2, 0.25) is 0 Å². The lowest BCUT2D eigenvalue weighted by molar-refractivity contribution is -0.139. The Morgan fingerprint density at radius 3 is 2.61 bits per heavy atom. The van der Waals surface area contributed by atoms with E-state index in [1.165, 1.54) is 31.2 Å². The van der Waals surface area contributed by atoms with Gasteiger partial charge in [-0.3, -0.25) is 4.90 Å². The van der Waals surface area contributed by atoms with E-state index in [9.17, 15) is 4.79 Å². The van der Waals surface area contributed by atoms with E-state index in [1.54, 1.807) is 11.8 Å². The van der Waals surface area contributed by atoms with Crippen molar-refractivity contribution >= 4 is 17.7 Å². The molecule has 1 saturated heterocycles. The third-order valence-electron chi connectivity index (χ3n) is 6.14. The number of hydrogen-bond acceptors (Lipinski definition) is 6. The van der Waals surface area contributed by atoms with Crippen molar-refractivity contribution in [3.05, 3.63) is 47.5 Å². The highest BCUT2D eigenvalue weighted by atomic mass is 32.2. The SMILES string of the molecule is Cc1cc(Sc2cc(CN3CCOCC3)cc(OCC3CCCC3)c2)ccc1OCC(=O)O. The zero-order valence-corrected chi connectivity index (χ0v) is 20.1. The Kier molecular flexibility index (Phi) is 8.53. The van der Waals surface area contributed by atoms with Crippen LogP contribution in [0.1, 0.15) is 36.8 Å². The molecule has 0 amide bonds. The molecule has 0 aromatic heterocycles. The summed E-state index contributed by atoms with van der Waals surface area (Å²) in [6, 6.07) is 12.4. The van der Waals surface area contributed by atoms with Crippen molar-refractivity contribution in [2.24, 2.45) is 5.92 Å². The number of morpholine rings is 1. The van der Waals surface area contributed by atoms with Crippen LogP contribution < -0.4 is 9.47 Å². The van der Waals surface area contributed by atoms with Crippen molar-refractivity contribution in [2.45, 2.75) is 48.9 Å². The summed E-state index contributed by atoms with van der Waals surface area (Å²) in [5.41, 5.74) is 2.17. The van der Waals surface area contributed by atoms with Crippen LogP contribution in [0, 0.1) is 12.8 Å². The summed E-state index contributed by atoms with van der Waals surface area (Å²) in [4.78, 5) is 15.4. The fourth-order valence-corrected chi connectivity index (χ4v) is 5.43. The average Bonchev–Trinajstić information content (AvgIpc) is 3.31. The Hall–Kier alpha value is -2.22. The van der Waals surface area contributed by atoms with E-state index in [0.29, 0.717) is 11.7 Å². The monoisotopic (exact) mass is 471 g/mol. The van der Waals surface area contributed by atoms with Gasteiger partial charge in [-0.05, 0) is 73.2 Å². The van der Waals surface area contributed by atoms with Gasteiger partial charge < -0.3 is 19.3 Å². The minimum absolute atomic E-state index is 0.335. The van der Waals surface area contributed by atoms with E-state index in [1.807, 2.05) is 25.1 Å². The summed E-state index contributed by atoms with van der Waals surface area (Å²) < 4.78 is 17.1. The first-order chi connectivity index (χ1) is 16.0. The molecular formula is C26H33NO5S. The molecule has 0 bridgehead atoms. The summed E-state index contributed by atoms with van der Waals surface area (Å²) in [5, 5.41) is 8.85. The number of rotatable bonds is 10. The Labute approximate surface area is 200 Å². The van der Waals surface area contributed by atoms with Crippen molar-refractivity contribution in [1.29, 1.82) is 0 Å². The molecule has 1 aliphatic carbocycles. The predicted octanol–water partition coefficient (Wildman–Crippen LogP) is 5.01. The Morgan fingerprint density at radius 1 is 1.09 bits per heavy atom. The summed E-state index contributed by atoms with van der Waals surface area (Å²) in [7, 11) is 0. The lowest BCUT2D eigenvalue weighted by Crippen LogP contribution is -2.35. The zero-order valence-electron chi connectivity index (χ0n) is 19.3. The minimum Gasteiger partial charge on any atom is -0.493 e. The Balaban J connectivity index is 1.48. The standard InChI is InChI=1S/C26H33NO5S/c1-19-12-23(6-7-25(19)32-18-26(28)29)33-24-14-21(16-27-8-10-30-11-9-27)13-22(15-24)31-17-20-4-2-3-5-20/h6-7,12-15,20H,2-5,8-11,16-18H2,1H3,(H,28,29). The molecule has 1 saturated carbocycles. The molecule has 2 fully saturated rings. The van der Waals surface area contributed by atoms with Crippen LogP contribution in [0.3, 0.4) is 0 Å². The third kappa shape index (κ3) is 7.39. The normalized spacial score (nSPS) is 17.2. The molecule has 0 radical (unpaired) electrons. The van der Waals surface area contributed by atoms with Crippen LogP contribution in [-0.2, 0) is 16.1 Å². The number of aryl methyl sites for hydroxylation is 1. The van der Waals surface area contributed by atoms with E-state index in [0.717, 1.165) is 60.6 Å². The van der Waals surface area contributed by atoms with Gasteiger partial charge in [-0.1, -0.05) is 24.6 Å². The van der Waals surface area contributed by atoms with Gasteiger partial charge >= 0.3 is 5.97 Å². The van der Waals surface area contributed by atoms with Gasteiger partial charge in [0.25, 0.3) is 0 Å². The highest BCUT2D eigenvalue weighted by Gasteiger charge is 2.17. The van der Waals surface area contributed by atoms with E-state index in [4.69, 9.17) is 19.3 Å². The van der Waals surface area contributed by atoms with Gasteiger partial charge in [0.05, 0.1) is 19.8 Å². The predicted molar refractivity (Wildman–Crippen MR) is 128 cm³/mol. The minimum atomic E-state index is -0.977. The van der Waals surface area contributed by atoms with E-state index >= 15 is 0 Å². The first kappa shape index (κ1) is 23.9. The molecule has 33 heavy (non-hydrogen) atoms. The summed E-state index contributed by atoms with van der Waals surface area (Å²) in [6.45, 7) is 6.76. The van der Waals surface area contributed by atoms with Gasteiger partial charge in [-0.25, -0.2) is 4.79 Å². The van der Waals surface area contributed by atoms with Crippen LogP contribution in [-0.4, -0.2) is 55.5 Å². The first-order valence-corrected chi connectivity index (χ1v) is 12.6. The average molecular weight is 472 g/mol. The number of benzene rings is 2. The smallest absolute Gasteiger partial charge is 0.341 e. The van der Waals surface area contributed by atoms with Gasteiger partial charge in [-0.2, -0.15) is 0 Å². The number of nitrogens with zero attached hydrogens (tertiary/aromatic N) is 1. The molecule has 178 valence electrons. The highest BCUT2D eigenvalue weighted by molar-refractivity contribution is 7.99. The van der Waals surface area contributed by atoms with Crippen LogP contribution in [0.2, 0.25) is 0 Å². The quantitative estimate of drug-likeness (QED) is 0.522.